The summed E-state index contributed by atoms with van der Waals surface area (Å²) in [4.78, 5) is 9.07. The Kier molecular flexibility index (Phi) is 11.3. The third-order valence-corrected chi connectivity index (χ3v) is 5.26. The SMILES string of the molecule is CCCCCCC/C=C/c1cnc(-c2ccc(CCCCCC(C)O)cc2)nc1. The van der Waals surface area contributed by atoms with E-state index in [1.54, 1.807) is 0 Å². The lowest BCUT2D eigenvalue weighted by Gasteiger charge is -2.05. The van der Waals surface area contributed by atoms with Gasteiger partial charge >= 0.3 is 0 Å². The summed E-state index contributed by atoms with van der Waals surface area (Å²) in [5.74, 6) is 0.783. The molecule has 0 aliphatic heterocycles. The number of hydrogen-bond donors (Lipinski definition) is 1. The summed E-state index contributed by atoms with van der Waals surface area (Å²) in [5.41, 5.74) is 3.48. The van der Waals surface area contributed by atoms with Crippen LogP contribution in [0.5, 0.6) is 0 Å². The van der Waals surface area contributed by atoms with Gasteiger partial charge in [0, 0.05) is 23.5 Å². The number of rotatable bonds is 14. The maximum Gasteiger partial charge on any atom is 0.159 e. The van der Waals surface area contributed by atoms with Crippen molar-refractivity contribution in [3.8, 4) is 11.4 Å². The summed E-state index contributed by atoms with van der Waals surface area (Å²) >= 11 is 0. The molecule has 2 aromatic rings. The van der Waals surface area contributed by atoms with Crippen LogP contribution in [0.1, 0.15) is 89.2 Å². The van der Waals surface area contributed by atoms with Gasteiger partial charge in [-0.3, -0.25) is 0 Å². The van der Waals surface area contributed by atoms with E-state index < -0.39 is 0 Å². The fourth-order valence-corrected chi connectivity index (χ4v) is 3.42. The van der Waals surface area contributed by atoms with Crippen molar-refractivity contribution in [2.75, 3.05) is 0 Å². The average Bonchev–Trinajstić information content (AvgIpc) is 2.74. The molecule has 1 aromatic carbocycles. The molecule has 0 radical (unpaired) electrons. The summed E-state index contributed by atoms with van der Waals surface area (Å²) in [7, 11) is 0. The van der Waals surface area contributed by atoms with Gasteiger partial charge in [-0.15, -0.1) is 0 Å². The molecule has 0 aliphatic carbocycles. The molecule has 1 N–H and O–H groups in total. The van der Waals surface area contributed by atoms with Crippen LogP contribution in [0.2, 0.25) is 0 Å². The molecule has 0 saturated carbocycles. The number of nitrogens with zero attached hydrogens (tertiary/aromatic N) is 2. The first-order chi connectivity index (χ1) is 14.2. The Labute approximate surface area is 177 Å². The van der Waals surface area contributed by atoms with Crippen molar-refractivity contribution in [3.05, 3.63) is 53.9 Å². The second-order valence-electron chi connectivity index (χ2n) is 8.09. The lowest BCUT2D eigenvalue weighted by molar-refractivity contribution is 0.180. The van der Waals surface area contributed by atoms with Crippen molar-refractivity contribution in [2.24, 2.45) is 0 Å². The third-order valence-electron chi connectivity index (χ3n) is 5.26. The van der Waals surface area contributed by atoms with Crippen molar-refractivity contribution >= 4 is 6.08 Å². The molecule has 1 heterocycles. The van der Waals surface area contributed by atoms with Crippen molar-refractivity contribution in [1.82, 2.24) is 9.97 Å². The van der Waals surface area contributed by atoms with E-state index in [9.17, 15) is 5.11 Å². The average molecular weight is 395 g/mol. The molecule has 158 valence electrons. The zero-order valence-corrected chi connectivity index (χ0v) is 18.3. The Morgan fingerprint density at radius 1 is 0.897 bits per heavy atom. The van der Waals surface area contributed by atoms with E-state index in [-0.39, 0.29) is 6.10 Å². The minimum Gasteiger partial charge on any atom is -0.393 e. The number of aromatic nitrogens is 2. The van der Waals surface area contributed by atoms with Gasteiger partial charge in [-0.2, -0.15) is 0 Å². The molecule has 0 amide bonds. The molecule has 0 spiro atoms. The predicted molar refractivity (Wildman–Crippen MR) is 124 cm³/mol. The summed E-state index contributed by atoms with van der Waals surface area (Å²) in [6, 6.07) is 8.60. The molecule has 1 atom stereocenters. The van der Waals surface area contributed by atoms with Gasteiger partial charge in [0.15, 0.2) is 5.82 Å². The summed E-state index contributed by atoms with van der Waals surface area (Å²) < 4.78 is 0. The largest absolute Gasteiger partial charge is 0.393 e. The van der Waals surface area contributed by atoms with E-state index in [1.165, 1.54) is 50.5 Å². The van der Waals surface area contributed by atoms with Gasteiger partial charge in [0.2, 0.25) is 0 Å². The number of aliphatic hydroxyl groups is 1. The monoisotopic (exact) mass is 394 g/mol. The van der Waals surface area contributed by atoms with Gasteiger partial charge in [0.1, 0.15) is 0 Å². The number of allylic oxidation sites excluding steroid dienone is 1. The quantitative estimate of drug-likeness (QED) is 0.351. The lowest BCUT2D eigenvalue weighted by Crippen LogP contribution is -1.98. The van der Waals surface area contributed by atoms with Gasteiger partial charge < -0.3 is 5.11 Å². The lowest BCUT2D eigenvalue weighted by atomic mass is 10.0. The first-order valence-electron chi connectivity index (χ1n) is 11.4. The highest BCUT2D eigenvalue weighted by Crippen LogP contribution is 2.17. The predicted octanol–water partition coefficient (Wildman–Crippen LogP) is 7.00. The fourth-order valence-electron chi connectivity index (χ4n) is 3.42. The summed E-state index contributed by atoms with van der Waals surface area (Å²) in [5, 5.41) is 9.30. The van der Waals surface area contributed by atoms with Crippen LogP contribution >= 0.6 is 0 Å². The molecule has 1 aromatic heterocycles. The smallest absolute Gasteiger partial charge is 0.159 e. The Hall–Kier alpha value is -2.00. The topological polar surface area (TPSA) is 46.0 Å². The molecular formula is C26H38N2O. The van der Waals surface area contributed by atoms with Gasteiger partial charge in [-0.25, -0.2) is 9.97 Å². The fraction of sp³-hybridized carbons (Fsp3) is 0.538. The zero-order valence-electron chi connectivity index (χ0n) is 18.3. The third kappa shape index (κ3) is 9.85. The van der Waals surface area contributed by atoms with Crippen LogP contribution in [0.25, 0.3) is 17.5 Å². The highest BCUT2D eigenvalue weighted by Gasteiger charge is 2.02. The van der Waals surface area contributed by atoms with Crippen LogP contribution in [0.15, 0.2) is 42.7 Å². The first kappa shape index (κ1) is 23.3. The minimum atomic E-state index is -0.174. The van der Waals surface area contributed by atoms with Crippen molar-refractivity contribution in [1.29, 1.82) is 0 Å². The molecule has 29 heavy (non-hydrogen) atoms. The van der Waals surface area contributed by atoms with E-state index in [0.717, 1.165) is 42.6 Å². The number of benzene rings is 1. The molecule has 0 fully saturated rings. The maximum atomic E-state index is 9.30. The molecular weight excluding hydrogens is 356 g/mol. The minimum absolute atomic E-state index is 0.174. The molecule has 3 heteroatoms. The van der Waals surface area contributed by atoms with Crippen molar-refractivity contribution in [3.63, 3.8) is 0 Å². The Bertz CT molecular complexity index is 690. The van der Waals surface area contributed by atoms with Gasteiger partial charge in [-0.1, -0.05) is 81.9 Å². The standard InChI is InChI=1S/C26H38N2O/c1-3-4-5-6-7-8-11-15-24-20-27-26(28-21-24)25-18-16-23(17-19-25)14-12-9-10-13-22(2)29/h11,15-22,29H,3-10,12-14H2,1-2H3/b15-11+. The normalized spacial score (nSPS) is 12.5. The first-order valence-corrected chi connectivity index (χ1v) is 11.4. The van der Waals surface area contributed by atoms with Crippen LogP contribution in [-0.2, 0) is 6.42 Å². The highest BCUT2D eigenvalue weighted by molar-refractivity contribution is 5.56. The maximum absolute atomic E-state index is 9.30. The number of aliphatic hydroxyl groups excluding tert-OH is 1. The van der Waals surface area contributed by atoms with Crippen LogP contribution in [0.3, 0.4) is 0 Å². The summed E-state index contributed by atoms with van der Waals surface area (Å²) in [6.45, 7) is 4.11. The van der Waals surface area contributed by atoms with Crippen molar-refractivity contribution < 1.29 is 5.11 Å². The van der Waals surface area contributed by atoms with E-state index in [4.69, 9.17) is 0 Å². The van der Waals surface area contributed by atoms with Crippen LogP contribution < -0.4 is 0 Å². The Morgan fingerprint density at radius 3 is 2.28 bits per heavy atom. The zero-order chi connectivity index (χ0) is 20.7. The highest BCUT2D eigenvalue weighted by atomic mass is 16.3. The van der Waals surface area contributed by atoms with Gasteiger partial charge in [0.25, 0.3) is 0 Å². The van der Waals surface area contributed by atoms with Crippen LogP contribution in [-0.4, -0.2) is 21.2 Å². The van der Waals surface area contributed by atoms with E-state index in [2.05, 4.69) is 53.3 Å². The molecule has 0 aliphatic rings. The second-order valence-corrected chi connectivity index (χ2v) is 8.09. The summed E-state index contributed by atoms with van der Waals surface area (Å²) in [6.07, 6.45) is 21.2. The number of hydrogen-bond acceptors (Lipinski definition) is 3. The van der Waals surface area contributed by atoms with E-state index in [1.807, 2.05) is 19.3 Å². The van der Waals surface area contributed by atoms with Gasteiger partial charge in [-0.05, 0) is 44.6 Å². The molecule has 1 unspecified atom stereocenters. The Balaban J connectivity index is 1.74. The molecule has 3 nitrogen and oxygen atoms in total. The second kappa shape index (κ2) is 14.1. The molecule has 0 saturated heterocycles. The van der Waals surface area contributed by atoms with E-state index in [0.29, 0.717) is 0 Å². The number of unbranched alkanes of at least 4 members (excludes halogenated alkanes) is 7. The Morgan fingerprint density at radius 2 is 1.59 bits per heavy atom. The molecule has 2 rings (SSSR count). The van der Waals surface area contributed by atoms with Crippen LogP contribution in [0, 0.1) is 0 Å². The van der Waals surface area contributed by atoms with Crippen LogP contribution in [0.4, 0.5) is 0 Å². The van der Waals surface area contributed by atoms with Crippen molar-refractivity contribution in [2.45, 2.75) is 90.6 Å². The van der Waals surface area contributed by atoms with E-state index >= 15 is 0 Å². The molecule has 0 bridgehead atoms. The number of aryl methyl sites for hydroxylation is 1. The van der Waals surface area contributed by atoms with Gasteiger partial charge in [0.05, 0.1) is 6.10 Å².